The predicted molar refractivity (Wildman–Crippen MR) is 70.8 cm³/mol. The number of nitrogens with zero attached hydrogens (tertiary/aromatic N) is 1. The highest BCUT2D eigenvalue weighted by atomic mass is 16.5. The van der Waals surface area contributed by atoms with Crippen molar-refractivity contribution in [2.24, 2.45) is 0 Å². The molecule has 0 amide bonds. The summed E-state index contributed by atoms with van der Waals surface area (Å²) < 4.78 is 4.90. The Hall–Kier alpha value is -1.78. The minimum atomic E-state index is 0.0804. The first kappa shape index (κ1) is 12.7. The van der Waals surface area contributed by atoms with Crippen molar-refractivity contribution < 1.29 is 9.53 Å². The van der Waals surface area contributed by atoms with E-state index in [2.05, 4.69) is 10.3 Å². The van der Waals surface area contributed by atoms with Crippen LogP contribution in [-0.2, 0) is 4.74 Å². The normalized spacial score (nSPS) is 10.7. The Morgan fingerprint density at radius 2 is 2.28 bits per heavy atom. The van der Waals surface area contributed by atoms with Crippen molar-refractivity contribution in [3.63, 3.8) is 0 Å². The Morgan fingerprint density at radius 3 is 3.11 bits per heavy atom. The van der Waals surface area contributed by atoms with Crippen LogP contribution in [0.5, 0.6) is 0 Å². The van der Waals surface area contributed by atoms with Crippen LogP contribution in [0.1, 0.15) is 10.4 Å². The van der Waals surface area contributed by atoms with E-state index in [-0.39, 0.29) is 5.78 Å². The van der Waals surface area contributed by atoms with Crippen LogP contribution in [0.4, 0.5) is 0 Å². The van der Waals surface area contributed by atoms with Crippen molar-refractivity contribution in [3.05, 3.63) is 42.1 Å². The SMILES string of the molecule is COCCNCC(=O)c1ccc2ncccc2c1. The summed E-state index contributed by atoms with van der Waals surface area (Å²) >= 11 is 0. The second kappa shape index (κ2) is 6.23. The van der Waals surface area contributed by atoms with Gasteiger partial charge in [-0.1, -0.05) is 6.07 Å². The molecule has 0 aliphatic heterocycles. The zero-order valence-electron chi connectivity index (χ0n) is 10.3. The van der Waals surface area contributed by atoms with Crippen molar-refractivity contribution in [2.75, 3.05) is 26.8 Å². The van der Waals surface area contributed by atoms with Gasteiger partial charge in [-0.25, -0.2) is 0 Å². The lowest BCUT2D eigenvalue weighted by atomic mass is 10.1. The Labute approximate surface area is 106 Å². The number of aromatic nitrogens is 1. The molecule has 0 unspecified atom stereocenters. The molecular formula is C14H16N2O2. The maximum atomic E-state index is 11.9. The van der Waals surface area contributed by atoms with Gasteiger partial charge in [-0.15, -0.1) is 0 Å². The molecule has 1 aromatic heterocycles. The smallest absolute Gasteiger partial charge is 0.176 e. The van der Waals surface area contributed by atoms with Gasteiger partial charge in [0, 0.05) is 30.8 Å². The quantitative estimate of drug-likeness (QED) is 0.620. The van der Waals surface area contributed by atoms with Gasteiger partial charge in [0.2, 0.25) is 0 Å². The first-order chi connectivity index (χ1) is 8.81. The van der Waals surface area contributed by atoms with Gasteiger partial charge >= 0.3 is 0 Å². The number of ether oxygens (including phenoxy) is 1. The molecule has 0 aliphatic rings. The molecule has 0 fully saturated rings. The monoisotopic (exact) mass is 244 g/mol. The van der Waals surface area contributed by atoms with E-state index in [1.165, 1.54) is 0 Å². The molecule has 1 heterocycles. The highest BCUT2D eigenvalue weighted by Gasteiger charge is 2.06. The standard InChI is InChI=1S/C14H16N2O2/c1-18-8-7-15-10-14(17)12-4-5-13-11(9-12)3-2-6-16-13/h2-6,9,15H,7-8,10H2,1H3. The lowest BCUT2D eigenvalue weighted by Gasteiger charge is -2.04. The number of hydrogen-bond donors (Lipinski definition) is 1. The minimum Gasteiger partial charge on any atom is -0.383 e. The second-order valence-electron chi connectivity index (χ2n) is 4.00. The van der Waals surface area contributed by atoms with Gasteiger partial charge in [0.25, 0.3) is 0 Å². The largest absolute Gasteiger partial charge is 0.383 e. The van der Waals surface area contributed by atoms with Crippen molar-refractivity contribution in [3.8, 4) is 0 Å². The van der Waals surface area contributed by atoms with Crippen molar-refractivity contribution in [1.29, 1.82) is 0 Å². The first-order valence-corrected chi connectivity index (χ1v) is 5.89. The number of Topliss-reactive ketones (excluding diaryl/α,β-unsaturated/α-hetero) is 1. The van der Waals surface area contributed by atoms with Crippen LogP contribution in [-0.4, -0.2) is 37.6 Å². The molecule has 2 aromatic rings. The molecule has 1 N–H and O–H groups in total. The number of ketones is 1. The van der Waals surface area contributed by atoms with Crippen molar-refractivity contribution in [1.82, 2.24) is 10.3 Å². The lowest BCUT2D eigenvalue weighted by molar-refractivity contribution is 0.0987. The fraction of sp³-hybridized carbons (Fsp3) is 0.286. The van der Waals surface area contributed by atoms with Gasteiger partial charge in [0.05, 0.1) is 18.7 Å². The van der Waals surface area contributed by atoms with Crippen molar-refractivity contribution in [2.45, 2.75) is 0 Å². The summed E-state index contributed by atoms with van der Waals surface area (Å²) in [6.07, 6.45) is 1.75. The fourth-order valence-corrected chi connectivity index (χ4v) is 1.73. The number of nitrogens with one attached hydrogen (secondary N) is 1. The lowest BCUT2D eigenvalue weighted by Crippen LogP contribution is -2.26. The van der Waals surface area contributed by atoms with Gasteiger partial charge in [-0.3, -0.25) is 9.78 Å². The summed E-state index contributed by atoms with van der Waals surface area (Å²) in [5.74, 6) is 0.0804. The molecule has 0 saturated carbocycles. The Balaban J connectivity index is 2.04. The number of carbonyl (C=O) groups excluding carboxylic acids is 1. The Bertz CT molecular complexity index is 540. The molecule has 1 aromatic carbocycles. The maximum absolute atomic E-state index is 11.9. The predicted octanol–water partition coefficient (Wildman–Crippen LogP) is 1.65. The van der Waals surface area contributed by atoms with E-state index in [0.29, 0.717) is 25.3 Å². The van der Waals surface area contributed by atoms with Crippen LogP contribution in [0.15, 0.2) is 36.5 Å². The molecule has 2 rings (SSSR count). The van der Waals surface area contributed by atoms with Crippen molar-refractivity contribution >= 4 is 16.7 Å². The van der Waals surface area contributed by atoms with Gasteiger partial charge in [0.15, 0.2) is 5.78 Å². The summed E-state index contributed by atoms with van der Waals surface area (Å²) in [5.41, 5.74) is 1.61. The number of carbonyl (C=O) groups is 1. The minimum absolute atomic E-state index is 0.0804. The molecule has 4 heteroatoms. The van der Waals surface area contributed by atoms with E-state index < -0.39 is 0 Å². The summed E-state index contributed by atoms with van der Waals surface area (Å²) in [7, 11) is 1.64. The number of rotatable bonds is 6. The third-order valence-electron chi connectivity index (χ3n) is 2.69. The fourth-order valence-electron chi connectivity index (χ4n) is 1.73. The third-order valence-corrected chi connectivity index (χ3v) is 2.69. The van der Waals surface area contributed by atoms with Crippen LogP contribution in [0, 0.1) is 0 Å². The van der Waals surface area contributed by atoms with Crippen LogP contribution in [0.3, 0.4) is 0 Å². The van der Waals surface area contributed by atoms with Crippen LogP contribution < -0.4 is 5.32 Å². The summed E-state index contributed by atoms with van der Waals surface area (Å²) in [4.78, 5) is 16.2. The number of methoxy groups -OCH3 is 1. The Morgan fingerprint density at radius 1 is 1.39 bits per heavy atom. The number of hydrogen-bond acceptors (Lipinski definition) is 4. The molecule has 0 atom stereocenters. The summed E-state index contributed by atoms with van der Waals surface area (Å²) in [5, 5.41) is 4.03. The average molecular weight is 244 g/mol. The number of fused-ring (bicyclic) bond motifs is 1. The van der Waals surface area contributed by atoms with E-state index >= 15 is 0 Å². The number of pyridine rings is 1. The molecule has 94 valence electrons. The molecule has 0 aliphatic carbocycles. The summed E-state index contributed by atoms with van der Waals surface area (Å²) in [6, 6.07) is 9.39. The van der Waals surface area contributed by atoms with Gasteiger partial charge in [0.1, 0.15) is 0 Å². The molecule has 0 spiro atoms. The first-order valence-electron chi connectivity index (χ1n) is 5.89. The molecule has 0 bridgehead atoms. The van der Waals surface area contributed by atoms with E-state index in [1.807, 2.05) is 30.3 Å². The van der Waals surface area contributed by atoms with E-state index in [1.54, 1.807) is 13.3 Å². The van der Waals surface area contributed by atoms with Crippen LogP contribution in [0.25, 0.3) is 10.9 Å². The van der Waals surface area contributed by atoms with E-state index in [9.17, 15) is 4.79 Å². The topological polar surface area (TPSA) is 51.2 Å². The molecule has 4 nitrogen and oxygen atoms in total. The van der Waals surface area contributed by atoms with E-state index in [0.717, 1.165) is 10.9 Å². The van der Waals surface area contributed by atoms with E-state index in [4.69, 9.17) is 4.74 Å². The average Bonchev–Trinajstić information content (AvgIpc) is 2.43. The van der Waals surface area contributed by atoms with Gasteiger partial charge in [-0.05, 0) is 24.3 Å². The zero-order valence-corrected chi connectivity index (χ0v) is 10.3. The van der Waals surface area contributed by atoms with Gasteiger partial charge < -0.3 is 10.1 Å². The maximum Gasteiger partial charge on any atom is 0.176 e. The molecular weight excluding hydrogens is 228 g/mol. The second-order valence-corrected chi connectivity index (χ2v) is 4.00. The highest BCUT2D eigenvalue weighted by Crippen LogP contribution is 2.13. The summed E-state index contributed by atoms with van der Waals surface area (Å²) in [6.45, 7) is 1.61. The van der Waals surface area contributed by atoms with Crippen LogP contribution >= 0.6 is 0 Å². The third kappa shape index (κ3) is 3.12. The highest BCUT2D eigenvalue weighted by molar-refractivity contribution is 6.00. The Kier molecular flexibility index (Phi) is 4.39. The van der Waals surface area contributed by atoms with Gasteiger partial charge in [-0.2, -0.15) is 0 Å². The molecule has 0 saturated heterocycles. The molecule has 18 heavy (non-hydrogen) atoms. The number of benzene rings is 1. The van der Waals surface area contributed by atoms with Crippen LogP contribution in [0.2, 0.25) is 0 Å². The zero-order chi connectivity index (χ0) is 12.8. The molecule has 0 radical (unpaired) electrons.